The van der Waals surface area contributed by atoms with Gasteiger partial charge < -0.3 is 10.6 Å². The van der Waals surface area contributed by atoms with Crippen LogP contribution in [0.5, 0.6) is 0 Å². The number of aromatic nitrogens is 1. The molecule has 2 bridgehead atoms. The fourth-order valence-corrected chi connectivity index (χ4v) is 4.63. The molecule has 0 amide bonds. The summed E-state index contributed by atoms with van der Waals surface area (Å²) >= 11 is 0. The van der Waals surface area contributed by atoms with Gasteiger partial charge in [0.25, 0.3) is 0 Å². The van der Waals surface area contributed by atoms with Crippen molar-refractivity contribution in [3.63, 3.8) is 0 Å². The van der Waals surface area contributed by atoms with E-state index < -0.39 is 0 Å². The van der Waals surface area contributed by atoms with E-state index in [9.17, 15) is 0 Å². The Morgan fingerprint density at radius 3 is 2.80 bits per heavy atom. The van der Waals surface area contributed by atoms with Crippen molar-refractivity contribution in [1.29, 1.82) is 0 Å². The maximum Gasteiger partial charge on any atom is 0.127 e. The molecule has 3 nitrogen and oxygen atoms in total. The number of hydrogen-bond donors (Lipinski definition) is 2. The normalized spacial score (nSPS) is 34.2. The molecule has 0 spiro atoms. The van der Waals surface area contributed by atoms with Crippen LogP contribution in [0.3, 0.4) is 0 Å². The van der Waals surface area contributed by atoms with Gasteiger partial charge in [-0.1, -0.05) is 20.8 Å². The lowest BCUT2D eigenvalue weighted by molar-refractivity contribution is 0.155. The zero-order valence-corrected chi connectivity index (χ0v) is 13.2. The Bertz CT molecular complexity index is 492. The van der Waals surface area contributed by atoms with Crippen LogP contribution in [0.1, 0.15) is 47.0 Å². The second kappa shape index (κ2) is 4.64. The fraction of sp³-hybridized carbons (Fsp3) is 0.706. The zero-order chi connectivity index (χ0) is 14.4. The minimum atomic E-state index is 0.384. The number of rotatable bonds is 4. The van der Waals surface area contributed by atoms with E-state index in [2.05, 4.69) is 55.4 Å². The molecule has 20 heavy (non-hydrogen) atoms. The molecule has 1 aromatic rings. The predicted octanol–water partition coefficient (Wildman–Crippen LogP) is 4.14. The highest BCUT2D eigenvalue weighted by atomic mass is 15.0. The van der Waals surface area contributed by atoms with Gasteiger partial charge in [0.1, 0.15) is 5.82 Å². The van der Waals surface area contributed by atoms with Gasteiger partial charge >= 0.3 is 0 Å². The summed E-state index contributed by atoms with van der Waals surface area (Å²) in [4.78, 5) is 4.35. The van der Waals surface area contributed by atoms with Gasteiger partial charge in [-0.05, 0) is 49.0 Å². The number of fused-ring (bicyclic) bond motifs is 2. The van der Waals surface area contributed by atoms with Gasteiger partial charge in [-0.25, -0.2) is 4.98 Å². The Labute approximate surface area is 122 Å². The summed E-state index contributed by atoms with van der Waals surface area (Å²) in [6.45, 7) is 10.3. The molecule has 2 aliphatic carbocycles. The van der Waals surface area contributed by atoms with Crippen LogP contribution in [0.25, 0.3) is 0 Å². The summed E-state index contributed by atoms with van der Waals surface area (Å²) < 4.78 is 0. The van der Waals surface area contributed by atoms with Crippen molar-refractivity contribution in [3.8, 4) is 0 Å². The third-order valence-corrected chi connectivity index (χ3v) is 5.70. The van der Waals surface area contributed by atoms with E-state index in [1.165, 1.54) is 24.9 Å². The van der Waals surface area contributed by atoms with Crippen LogP contribution in [-0.2, 0) is 0 Å². The van der Waals surface area contributed by atoms with Gasteiger partial charge in [-0.15, -0.1) is 0 Å². The Hall–Kier alpha value is -1.25. The molecular weight excluding hydrogens is 246 g/mol. The Morgan fingerprint density at radius 1 is 1.35 bits per heavy atom. The molecule has 1 heterocycles. The van der Waals surface area contributed by atoms with Gasteiger partial charge in [-0.2, -0.15) is 0 Å². The lowest BCUT2D eigenvalue weighted by atomic mass is 9.68. The number of nitrogens with zero attached hydrogens (tertiary/aromatic N) is 1. The maximum absolute atomic E-state index is 4.35. The first-order chi connectivity index (χ1) is 9.45. The summed E-state index contributed by atoms with van der Waals surface area (Å²) in [7, 11) is 0. The van der Waals surface area contributed by atoms with Crippen LogP contribution in [-0.4, -0.2) is 17.6 Å². The summed E-state index contributed by atoms with van der Waals surface area (Å²) in [5, 5.41) is 7.11. The van der Waals surface area contributed by atoms with Gasteiger partial charge in [-0.3, -0.25) is 0 Å². The van der Waals surface area contributed by atoms with E-state index in [4.69, 9.17) is 0 Å². The minimum Gasteiger partial charge on any atom is -0.381 e. The van der Waals surface area contributed by atoms with Gasteiger partial charge in [0.15, 0.2) is 0 Å². The molecule has 3 rings (SSSR count). The largest absolute Gasteiger partial charge is 0.381 e. The van der Waals surface area contributed by atoms with Crippen LogP contribution in [0, 0.1) is 16.7 Å². The second-order valence-corrected chi connectivity index (χ2v) is 7.45. The summed E-state index contributed by atoms with van der Waals surface area (Å²) in [6.07, 6.45) is 6.04. The van der Waals surface area contributed by atoms with Gasteiger partial charge in [0.05, 0.1) is 0 Å². The molecule has 1 aromatic heterocycles. The van der Waals surface area contributed by atoms with Gasteiger partial charge in [0, 0.05) is 30.5 Å². The van der Waals surface area contributed by atoms with Crippen LogP contribution in [0.4, 0.5) is 11.5 Å². The number of hydrogen-bond acceptors (Lipinski definition) is 3. The zero-order valence-electron chi connectivity index (χ0n) is 13.2. The lowest BCUT2D eigenvalue weighted by Gasteiger charge is -2.43. The third-order valence-electron chi connectivity index (χ3n) is 5.70. The quantitative estimate of drug-likeness (QED) is 0.865. The van der Waals surface area contributed by atoms with Crippen molar-refractivity contribution in [3.05, 3.63) is 18.3 Å². The molecular formula is C17H27N3. The molecule has 0 aromatic carbocycles. The molecule has 2 saturated carbocycles. The first-order valence-electron chi connectivity index (χ1n) is 7.92. The van der Waals surface area contributed by atoms with Crippen molar-refractivity contribution in [2.75, 3.05) is 17.2 Å². The molecule has 0 aliphatic heterocycles. The summed E-state index contributed by atoms with van der Waals surface area (Å²) in [6, 6.07) is 4.78. The molecule has 2 N–H and O–H groups in total. The number of nitrogens with one attached hydrogen (secondary N) is 2. The molecule has 0 radical (unpaired) electrons. The topological polar surface area (TPSA) is 37.0 Å². The van der Waals surface area contributed by atoms with E-state index in [-0.39, 0.29) is 0 Å². The molecule has 3 heteroatoms. The highest BCUT2D eigenvalue weighted by Crippen LogP contribution is 2.63. The van der Waals surface area contributed by atoms with Crippen LogP contribution in [0.15, 0.2) is 18.3 Å². The van der Waals surface area contributed by atoms with E-state index >= 15 is 0 Å². The second-order valence-electron chi connectivity index (χ2n) is 7.45. The summed E-state index contributed by atoms with van der Waals surface area (Å²) in [5.74, 6) is 1.84. The van der Waals surface area contributed by atoms with Crippen molar-refractivity contribution >= 4 is 11.5 Å². The average Bonchev–Trinajstić information content (AvgIpc) is 2.87. The standard InChI is InChI=1S/C17H27N3/c1-5-18-14-10-13(7-9-19-14)20-15-16(2,3)12-6-8-17(15,4)11-12/h7,9-10,12,15H,5-6,8,11H2,1-4H3,(H2,18,19,20). The Morgan fingerprint density at radius 2 is 2.15 bits per heavy atom. The van der Waals surface area contributed by atoms with Crippen LogP contribution in [0.2, 0.25) is 0 Å². The molecule has 0 saturated heterocycles. The summed E-state index contributed by atoms with van der Waals surface area (Å²) in [5.41, 5.74) is 2.03. The van der Waals surface area contributed by atoms with Gasteiger partial charge in [0.2, 0.25) is 0 Å². The van der Waals surface area contributed by atoms with E-state index in [1.807, 2.05) is 6.20 Å². The van der Waals surface area contributed by atoms with Crippen LogP contribution < -0.4 is 10.6 Å². The molecule has 2 fully saturated rings. The fourth-order valence-electron chi connectivity index (χ4n) is 4.63. The highest BCUT2D eigenvalue weighted by Gasteiger charge is 2.59. The number of anilines is 2. The van der Waals surface area contributed by atoms with Crippen molar-refractivity contribution in [2.45, 2.75) is 53.0 Å². The monoisotopic (exact) mass is 273 g/mol. The molecule has 110 valence electrons. The number of pyridine rings is 1. The lowest BCUT2D eigenvalue weighted by Crippen LogP contribution is -2.45. The smallest absolute Gasteiger partial charge is 0.127 e. The molecule has 3 unspecified atom stereocenters. The Kier molecular flexibility index (Phi) is 3.19. The minimum absolute atomic E-state index is 0.384. The van der Waals surface area contributed by atoms with E-state index in [0.717, 1.165) is 18.3 Å². The van der Waals surface area contributed by atoms with Crippen LogP contribution >= 0.6 is 0 Å². The first-order valence-corrected chi connectivity index (χ1v) is 7.92. The SMILES string of the molecule is CCNc1cc(NC2C3(C)CCC(C3)C2(C)C)ccn1. The van der Waals surface area contributed by atoms with Crippen molar-refractivity contribution < 1.29 is 0 Å². The molecule has 3 atom stereocenters. The third kappa shape index (κ3) is 2.07. The van der Waals surface area contributed by atoms with E-state index in [0.29, 0.717) is 16.9 Å². The first kappa shape index (κ1) is 13.7. The highest BCUT2D eigenvalue weighted by molar-refractivity contribution is 5.53. The molecule has 2 aliphatic rings. The maximum atomic E-state index is 4.35. The van der Waals surface area contributed by atoms with Crippen molar-refractivity contribution in [1.82, 2.24) is 4.98 Å². The predicted molar refractivity (Wildman–Crippen MR) is 85.0 cm³/mol. The average molecular weight is 273 g/mol. The Balaban J connectivity index is 1.82. The van der Waals surface area contributed by atoms with Crippen molar-refractivity contribution in [2.24, 2.45) is 16.7 Å². The van der Waals surface area contributed by atoms with E-state index in [1.54, 1.807) is 0 Å².